The fraction of sp³-hybridized carbons (Fsp3) is 1.00. The molecule has 0 rings (SSSR count). The maximum Gasteiger partial charge on any atom is 0.215 e. The second-order valence-corrected chi connectivity index (χ2v) is 6.47. The first-order valence-corrected chi connectivity index (χ1v) is 7.04. The maximum atomic E-state index is 11.9. The molecule has 2 N–H and O–H groups in total. The van der Waals surface area contributed by atoms with Crippen LogP contribution in [0.25, 0.3) is 0 Å². The lowest BCUT2D eigenvalue weighted by atomic mass is 10.1. The molecule has 0 aromatic rings. The topological polar surface area (TPSA) is 67.4 Å². The Balaban J connectivity index is 4.53. The van der Waals surface area contributed by atoms with E-state index in [4.69, 9.17) is 4.74 Å². The third-order valence-electron chi connectivity index (χ3n) is 2.49. The predicted molar refractivity (Wildman–Crippen MR) is 65.9 cm³/mol. The molecule has 0 aliphatic heterocycles. The molecule has 98 valence electrons. The standard InChI is InChI=1S/C10H24N2O3S/c1-8(2)10(7-15-5)12-16(13,14)9(3)6-11-4/h8-12H,6-7H2,1-5H3. The Labute approximate surface area is 99.0 Å². The number of hydrogen-bond donors (Lipinski definition) is 2. The van der Waals surface area contributed by atoms with Crippen molar-refractivity contribution in [1.29, 1.82) is 0 Å². The van der Waals surface area contributed by atoms with Gasteiger partial charge >= 0.3 is 0 Å². The Morgan fingerprint density at radius 2 is 1.81 bits per heavy atom. The molecule has 0 fully saturated rings. The molecule has 0 saturated carbocycles. The van der Waals surface area contributed by atoms with Gasteiger partial charge in [-0.1, -0.05) is 13.8 Å². The molecule has 0 heterocycles. The van der Waals surface area contributed by atoms with E-state index in [0.717, 1.165) is 0 Å². The van der Waals surface area contributed by atoms with Crippen molar-refractivity contribution in [2.24, 2.45) is 5.92 Å². The number of hydrogen-bond acceptors (Lipinski definition) is 4. The minimum absolute atomic E-state index is 0.172. The smallest absolute Gasteiger partial charge is 0.215 e. The van der Waals surface area contributed by atoms with Crippen LogP contribution in [0.2, 0.25) is 0 Å². The quantitative estimate of drug-likeness (QED) is 0.647. The van der Waals surface area contributed by atoms with Crippen molar-refractivity contribution in [2.45, 2.75) is 32.1 Å². The van der Waals surface area contributed by atoms with Gasteiger partial charge in [0.25, 0.3) is 0 Å². The van der Waals surface area contributed by atoms with Crippen molar-refractivity contribution in [1.82, 2.24) is 10.0 Å². The summed E-state index contributed by atoms with van der Waals surface area (Å²) in [5, 5.41) is 2.41. The van der Waals surface area contributed by atoms with Gasteiger partial charge in [0.15, 0.2) is 0 Å². The highest BCUT2D eigenvalue weighted by Gasteiger charge is 2.25. The van der Waals surface area contributed by atoms with Crippen LogP contribution in [0.3, 0.4) is 0 Å². The first-order valence-electron chi connectivity index (χ1n) is 5.49. The van der Waals surface area contributed by atoms with E-state index >= 15 is 0 Å². The van der Waals surface area contributed by atoms with Crippen LogP contribution in [0, 0.1) is 5.92 Å². The Bertz CT molecular complexity index is 278. The molecule has 0 aliphatic carbocycles. The van der Waals surface area contributed by atoms with Crippen molar-refractivity contribution in [3.63, 3.8) is 0 Å². The number of methoxy groups -OCH3 is 1. The summed E-state index contributed by atoms with van der Waals surface area (Å²) in [4.78, 5) is 0. The SMILES string of the molecule is CNCC(C)S(=O)(=O)NC(COC)C(C)C. The van der Waals surface area contributed by atoms with Crippen LogP contribution in [0.4, 0.5) is 0 Å². The minimum atomic E-state index is -3.28. The third-order valence-corrected chi connectivity index (χ3v) is 4.35. The summed E-state index contributed by atoms with van der Waals surface area (Å²) < 4.78 is 31.5. The Morgan fingerprint density at radius 1 is 1.25 bits per heavy atom. The van der Waals surface area contributed by atoms with Crippen molar-refractivity contribution in [3.8, 4) is 0 Å². The maximum absolute atomic E-state index is 11.9. The first-order chi connectivity index (χ1) is 7.35. The second kappa shape index (κ2) is 7.21. The third kappa shape index (κ3) is 5.25. The van der Waals surface area contributed by atoms with Gasteiger partial charge in [-0.15, -0.1) is 0 Å². The zero-order chi connectivity index (χ0) is 12.8. The molecule has 0 aliphatic rings. The fourth-order valence-electron chi connectivity index (χ4n) is 1.27. The number of rotatable bonds is 8. The van der Waals surface area contributed by atoms with Crippen molar-refractivity contribution < 1.29 is 13.2 Å². The molecule has 0 radical (unpaired) electrons. The van der Waals surface area contributed by atoms with E-state index in [1.54, 1.807) is 21.1 Å². The lowest BCUT2D eigenvalue weighted by Crippen LogP contribution is -2.47. The summed E-state index contributed by atoms with van der Waals surface area (Å²) in [7, 11) is 0.0260. The van der Waals surface area contributed by atoms with Gasteiger partial charge in [-0.25, -0.2) is 13.1 Å². The van der Waals surface area contributed by atoms with Gasteiger partial charge in [0, 0.05) is 19.7 Å². The highest BCUT2D eigenvalue weighted by Crippen LogP contribution is 2.06. The average molecular weight is 252 g/mol. The molecule has 0 bridgehead atoms. The van der Waals surface area contributed by atoms with Gasteiger partial charge < -0.3 is 10.1 Å². The normalized spacial score (nSPS) is 16.4. The van der Waals surface area contributed by atoms with Crippen LogP contribution >= 0.6 is 0 Å². The van der Waals surface area contributed by atoms with Crippen molar-refractivity contribution >= 4 is 10.0 Å². The summed E-state index contributed by atoms with van der Waals surface area (Å²) in [6, 6.07) is -0.172. The summed E-state index contributed by atoms with van der Waals surface area (Å²) in [6.07, 6.45) is 0. The van der Waals surface area contributed by atoms with E-state index in [1.165, 1.54) is 0 Å². The zero-order valence-electron chi connectivity index (χ0n) is 10.8. The fourth-order valence-corrected chi connectivity index (χ4v) is 2.65. The van der Waals surface area contributed by atoms with Gasteiger partial charge in [-0.05, 0) is 19.9 Å². The molecule has 6 heteroatoms. The summed E-state index contributed by atoms with van der Waals surface area (Å²) in [6.45, 7) is 6.45. The van der Waals surface area contributed by atoms with Crippen LogP contribution in [-0.2, 0) is 14.8 Å². The molecule has 2 unspecified atom stereocenters. The Morgan fingerprint density at radius 3 is 2.19 bits per heavy atom. The second-order valence-electron chi connectivity index (χ2n) is 4.34. The van der Waals surface area contributed by atoms with Gasteiger partial charge in [-0.2, -0.15) is 0 Å². The van der Waals surface area contributed by atoms with E-state index in [0.29, 0.717) is 13.2 Å². The first kappa shape index (κ1) is 15.8. The average Bonchev–Trinajstić information content (AvgIpc) is 2.17. The van der Waals surface area contributed by atoms with Gasteiger partial charge in [0.2, 0.25) is 10.0 Å². The minimum Gasteiger partial charge on any atom is -0.383 e. The number of sulfonamides is 1. The van der Waals surface area contributed by atoms with Crippen LogP contribution in [0.1, 0.15) is 20.8 Å². The molecular weight excluding hydrogens is 228 g/mol. The highest BCUT2D eigenvalue weighted by atomic mass is 32.2. The largest absolute Gasteiger partial charge is 0.383 e. The number of nitrogens with one attached hydrogen (secondary N) is 2. The molecule has 0 amide bonds. The molecule has 5 nitrogen and oxygen atoms in total. The molecular formula is C10H24N2O3S. The van der Waals surface area contributed by atoms with E-state index in [9.17, 15) is 8.42 Å². The van der Waals surface area contributed by atoms with E-state index in [-0.39, 0.29) is 12.0 Å². The molecule has 2 atom stereocenters. The van der Waals surface area contributed by atoms with Gasteiger partial charge in [-0.3, -0.25) is 0 Å². The Kier molecular flexibility index (Phi) is 7.14. The van der Waals surface area contributed by atoms with Gasteiger partial charge in [0.05, 0.1) is 11.9 Å². The lowest BCUT2D eigenvalue weighted by molar-refractivity contribution is 0.157. The summed E-state index contributed by atoms with van der Waals surface area (Å²) in [5.74, 6) is 0.205. The van der Waals surface area contributed by atoms with Crippen molar-refractivity contribution in [2.75, 3.05) is 27.3 Å². The number of ether oxygens (including phenoxy) is 1. The molecule has 0 aromatic heterocycles. The van der Waals surface area contributed by atoms with Crippen molar-refractivity contribution in [3.05, 3.63) is 0 Å². The summed E-state index contributed by atoms with van der Waals surface area (Å²) >= 11 is 0. The van der Waals surface area contributed by atoms with E-state index in [1.807, 2.05) is 13.8 Å². The molecule has 0 saturated heterocycles. The van der Waals surface area contributed by atoms with E-state index < -0.39 is 15.3 Å². The van der Waals surface area contributed by atoms with Crippen LogP contribution < -0.4 is 10.0 Å². The predicted octanol–water partition coefficient (Wildman–Crippen LogP) is 0.185. The summed E-state index contributed by atoms with van der Waals surface area (Å²) in [5.41, 5.74) is 0. The van der Waals surface area contributed by atoms with Crippen LogP contribution in [0.15, 0.2) is 0 Å². The van der Waals surface area contributed by atoms with Gasteiger partial charge in [0.1, 0.15) is 0 Å². The molecule has 0 aromatic carbocycles. The zero-order valence-corrected chi connectivity index (χ0v) is 11.6. The Hall–Kier alpha value is -0.170. The lowest BCUT2D eigenvalue weighted by Gasteiger charge is -2.23. The van der Waals surface area contributed by atoms with Crippen LogP contribution in [-0.4, -0.2) is 47.0 Å². The van der Waals surface area contributed by atoms with Crippen LogP contribution in [0.5, 0.6) is 0 Å². The van der Waals surface area contributed by atoms with E-state index in [2.05, 4.69) is 10.0 Å². The monoisotopic (exact) mass is 252 g/mol. The molecule has 0 spiro atoms. The highest BCUT2D eigenvalue weighted by molar-refractivity contribution is 7.90. The molecule has 16 heavy (non-hydrogen) atoms.